The van der Waals surface area contributed by atoms with Crippen molar-refractivity contribution < 1.29 is 9.18 Å². The van der Waals surface area contributed by atoms with Crippen LogP contribution >= 0.6 is 12.6 Å². The molecule has 0 aliphatic heterocycles. The van der Waals surface area contributed by atoms with Gasteiger partial charge in [-0.25, -0.2) is 4.39 Å². The fraction of sp³-hybridized carbons (Fsp3) is 0.235. The summed E-state index contributed by atoms with van der Waals surface area (Å²) >= 11 is 4.21. The number of hydrogen-bond donors (Lipinski definition) is 2. The second kappa shape index (κ2) is 6.76. The topological polar surface area (TPSA) is 29.1 Å². The van der Waals surface area contributed by atoms with Crippen LogP contribution < -0.4 is 5.32 Å². The maximum absolute atomic E-state index is 13.5. The summed E-state index contributed by atoms with van der Waals surface area (Å²) in [6, 6.07) is 11.0. The molecule has 2 nitrogen and oxygen atoms in total. The van der Waals surface area contributed by atoms with E-state index >= 15 is 0 Å². The molecule has 2 aromatic carbocycles. The fourth-order valence-corrected chi connectivity index (χ4v) is 2.35. The highest BCUT2D eigenvalue weighted by Crippen LogP contribution is 2.14. The molecule has 0 unspecified atom stereocenters. The Labute approximate surface area is 129 Å². The van der Waals surface area contributed by atoms with Crippen LogP contribution in [-0.2, 0) is 17.8 Å². The van der Waals surface area contributed by atoms with E-state index in [1.807, 2.05) is 24.3 Å². The van der Waals surface area contributed by atoms with Crippen LogP contribution in [0.15, 0.2) is 41.3 Å². The molecule has 0 aliphatic rings. The fourth-order valence-electron chi connectivity index (χ4n) is 2.20. The molecular weight excluding hydrogens is 285 g/mol. The Morgan fingerprint density at radius 2 is 1.67 bits per heavy atom. The molecule has 0 heterocycles. The van der Waals surface area contributed by atoms with Crippen molar-refractivity contribution in [2.45, 2.75) is 31.7 Å². The highest BCUT2D eigenvalue weighted by Gasteiger charge is 2.06. The van der Waals surface area contributed by atoms with Crippen molar-refractivity contribution >= 4 is 18.5 Å². The predicted octanol–water partition coefficient (Wildman–Crippen LogP) is 3.59. The molecule has 0 bridgehead atoms. The number of aryl methyl sites for hydroxylation is 2. The van der Waals surface area contributed by atoms with Gasteiger partial charge in [0.1, 0.15) is 5.82 Å². The van der Waals surface area contributed by atoms with E-state index in [2.05, 4.69) is 17.9 Å². The Hall–Kier alpha value is -1.81. The quantitative estimate of drug-likeness (QED) is 0.830. The van der Waals surface area contributed by atoms with Gasteiger partial charge in [-0.05, 0) is 48.2 Å². The van der Waals surface area contributed by atoms with Crippen LogP contribution in [0.1, 0.15) is 22.3 Å². The van der Waals surface area contributed by atoms with Gasteiger partial charge in [-0.1, -0.05) is 24.3 Å². The van der Waals surface area contributed by atoms with E-state index in [9.17, 15) is 9.18 Å². The smallest absolute Gasteiger partial charge is 0.224 e. The summed E-state index contributed by atoms with van der Waals surface area (Å²) in [4.78, 5) is 12.8. The lowest BCUT2D eigenvalue weighted by atomic mass is 10.1. The Kier molecular flexibility index (Phi) is 5.02. The van der Waals surface area contributed by atoms with E-state index < -0.39 is 0 Å². The lowest BCUT2D eigenvalue weighted by molar-refractivity contribution is -0.120. The summed E-state index contributed by atoms with van der Waals surface area (Å²) in [6.07, 6.45) is 0.327. The van der Waals surface area contributed by atoms with E-state index in [1.54, 1.807) is 26.0 Å². The van der Waals surface area contributed by atoms with Crippen molar-refractivity contribution in [2.24, 2.45) is 0 Å². The standard InChI is InChI=1S/C17H18FNOS/c1-11-7-14(8-12(2)17(11)18)10-19-16(20)9-13-3-5-15(21)6-4-13/h3-8,21H,9-10H2,1-2H3,(H,19,20). The zero-order chi connectivity index (χ0) is 15.4. The van der Waals surface area contributed by atoms with Crippen molar-refractivity contribution in [3.63, 3.8) is 0 Å². The third-order valence-electron chi connectivity index (χ3n) is 3.29. The number of nitrogens with one attached hydrogen (secondary N) is 1. The molecule has 2 aromatic rings. The molecule has 0 fully saturated rings. The minimum Gasteiger partial charge on any atom is -0.352 e. The van der Waals surface area contributed by atoms with Gasteiger partial charge in [-0.2, -0.15) is 0 Å². The molecule has 0 spiro atoms. The van der Waals surface area contributed by atoms with Gasteiger partial charge in [0.05, 0.1) is 6.42 Å². The summed E-state index contributed by atoms with van der Waals surface area (Å²) in [7, 11) is 0. The Morgan fingerprint density at radius 3 is 2.24 bits per heavy atom. The third-order valence-corrected chi connectivity index (χ3v) is 3.59. The van der Waals surface area contributed by atoms with Crippen LogP contribution in [-0.4, -0.2) is 5.91 Å². The average molecular weight is 303 g/mol. The molecule has 0 aliphatic carbocycles. The number of amides is 1. The molecule has 110 valence electrons. The lowest BCUT2D eigenvalue weighted by Gasteiger charge is -2.09. The number of hydrogen-bond acceptors (Lipinski definition) is 2. The van der Waals surface area contributed by atoms with Gasteiger partial charge < -0.3 is 5.32 Å². The van der Waals surface area contributed by atoms with Crippen LogP contribution in [0.25, 0.3) is 0 Å². The zero-order valence-corrected chi connectivity index (χ0v) is 13.0. The highest BCUT2D eigenvalue weighted by atomic mass is 32.1. The van der Waals surface area contributed by atoms with E-state index in [0.717, 1.165) is 16.0 Å². The maximum atomic E-state index is 13.5. The first-order valence-corrected chi connectivity index (χ1v) is 7.20. The zero-order valence-electron chi connectivity index (χ0n) is 12.1. The van der Waals surface area contributed by atoms with Crippen molar-refractivity contribution in [2.75, 3.05) is 0 Å². The van der Waals surface area contributed by atoms with Crippen molar-refractivity contribution in [1.29, 1.82) is 0 Å². The van der Waals surface area contributed by atoms with Crippen molar-refractivity contribution in [3.05, 3.63) is 64.5 Å². The molecule has 2 rings (SSSR count). The van der Waals surface area contributed by atoms with Gasteiger partial charge >= 0.3 is 0 Å². The number of thiol groups is 1. The molecule has 1 amide bonds. The summed E-state index contributed by atoms with van der Waals surface area (Å²) in [5.74, 6) is -0.238. The van der Waals surface area contributed by atoms with Crippen LogP contribution in [0, 0.1) is 19.7 Å². The molecular formula is C17H18FNOS. The maximum Gasteiger partial charge on any atom is 0.224 e. The van der Waals surface area contributed by atoms with Gasteiger partial charge in [0.2, 0.25) is 5.91 Å². The van der Waals surface area contributed by atoms with Crippen LogP contribution in [0.2, 0.25) is 0 Å². The van der Waals surface area contributed by atoms with Gasteiger partial charge in [-0.3, -0.25) is 4.79 Å². The molecule has 0 atom stereocenters. The third kappa shape index (κ3) is 4.33. The predicted molar refractivity (Wildman–Crippen MR) is 85.1 cm³/mol. The monoisotopic (exact) mass is 303 g/mol. The van der Waals surface area contributed by atoms with Crippen LogP contribution in [0.5, 0.6) is 0 Å². The first-order chi connectivity index (χ1) is 9.95. The second-order valence-corrected chi connectivity index (χ2v) is 5.68. The Bertz CT molecular complexity index is 629. The first-order valence-electron chi connectivity index (χ1n) is 6.76. The van der Waals surface area contributed by atoms with E-state index in [1.165, 1.54) is 0 Å². The van der Waals surface area contributed by atoms with Gasteiger partial charge in [0.25, 0.3) is 0 Å². The summed E-state index contributed by atoms with van der Waals surface area (Å²) in [5.41, 5.74) is 3.05. The van der Waals surface area contributed by atoms with Gasteiger partial charge in [0, 0.05) is 11.4 Å². The average Bonchev–Trinajstić information content (AvgIpc) is 2.45. The lowest BCUT2D eigenvalue weighted by Crippen LogP contribution is -2.24. The van der Waals surface area contributed by atoms with Crippen LogP contribution in [0.3, 0.4) is 0 Å². The first kappa shape index (κ1) is 15.6. The minimum absolute atomic E-state index is 0.0541. The molecule has 0 saturated carbocycles. The number of carbonyl (C=O) groups is 1. The number of carbonyl (C=O) groups excluding carboxylic acids is 1. The normalized spacial score (nSPS) is 10.5. The van der Waals surface area contributed by atoms with Gasteiger partial charge in [-0.15, -0.1) is 12.6 Å². The molecule has 1 N–H and O–H groups in total. The SMILES string of the molecule is Cc1cc(CNC(=O)Cc2ccc(S)cc2)cc(C)c1F. The number of halogens is 1. The van der Waals surface area contributed by atoms with Crippen molar-refractivity contribution in [1.82, 2.24) is 5.32 Å². The number of rotatable bonds is 4. The van der Waals surface area contributed by atoms with E-state index in [4.69, 9.17) is 0 Å². The molecule has 0 aromatic heterocycles. The van der Waals surface area contributed by atoms with E-state index in [0.29, 0.717) is 24.1 Å². The largest absolute Gasteiger partial charge is 0.352 e. The highest BCUT2D eigenvalue weighted by molar-refractivity contribution is 7.80. The Balaban J connectivity index is 1.93. The van der Waals surface area contributed by atoms with E-state index in [-0.39, 0.29) is 11.7 Å². The summed E-state index contributed by atoms with van der Waals surface area (Å²) in [5, 5.41) is 2.86. The molecule has 0 radical (unpaired) electrons. The summed E-state index contributed by atoms with van der Waals surface area (Å²) < 4.78 is 13.5. The van der Waals surface area contributed by atoms with Gasteiger partial charge in [0.15, 0.2) is 0 Å². The summed E-state index contributed by atoms with van der Waals surface area (Å²) in [6.45, 7) is 3.87. The Morgan fingerprint density at radius 1 is 1.10 bits per heavy atom. The van der Waals surface area contributed by atoms with Crippen LogP contribution in [0.4, 0.5) is 4.39 Å². The molecule has 0 saturated heterocycles. The molecule has 21 heavy (non-hydrogen) atoms. The number of benzene rings is 2. The molecule has 4 heteroatoms. The van der Waals surface area contributed by atoms with Crippen molar-refractivity contribution in [3.8, 4) is 0 Å². The minimum atomic E-state index is -0.183. The second-order valence-electron chi connectivity index (χ2n) is 5.16.